The number of aryl methyl sites for hydroxylation is 3. The summed E-state index contributed by atoms with van der Waals surface area (Å²) in [5.41, 5.74) is 9.18. The molecule has 5 aromatic rings. The quantitative estimate of drug-likeness (QED) is 0.230. The van der Waals surface area contributed by atoms with Gasteiger partial charge in [0.05, 0.1) is 23.9 Å². The first-order valence-electron chi connectivity index (χ1n) is 14.8. The molecule has 6 heteroatoms. The third-order valence-corrected chi connectivity index (χ3v) is 9.10. The number of fused-ring (bicyclic) bond motifs is 4. The average molecular weight is 531 g/mol. The highest BCUT2D eigenvalue weighted by Gasteiger charge is 2.40. The third-order valence-electron chi connectivity index (χ3n) is 9.10. The minimum Gasteiger partial charge on any atom is -0.327 e. The molecule has 0 saturated carbocycles. The van der Waals surface area contributed by atoms with Gasteiger partial charge in [0.1, 0.15) is 11.3 Å². The molecule has 2 aliphatic heterocycles. The standard InChI is InChI=1S/C34H38N6/c1-4-32-37-33-23(2)18-24(3)36-34(33)39(32)21-26-13-11-25(12-14-26)8-7-17-38-27-15-16-28(38)20-29(19-27)40-22-35-30-9-5-6-10-31(30)40/h5-14,18,22,27-29H,4,15-17,19-21H2,1-3H3/b8-7+/t27-,28+,29?. The van der Waals surface area contributed by atoms with Crippen LogP contribution in [0.3, 0.4) is 0 Å². The molecule has 0 N–H and O–H groups in total. The molecule has 2 aliphatic rings. The molecule has 3 aromatic heterocycles. The van der Waals surface area contributed by atoms with Crippen molar-refractivity contribution < 1.29 is 0 Å². The van der Waals surface area contributed by atoms with Crippen molar-refractivity contribution in [2.75, 3.05) is 6.54 Å². The topological polar surface area (TPSA) is 51.8 Å². The first kappa shape index (κ1) is 25.2. The van der Waals surface area contributed by atoms with Gasteiger partial charge < -0.3 is 9.13 Å². The first-order valence-corrected chi connectivity index (χ1v) is 14.8. The van der Waals surface area contributed by atoms with Crippen molar-refractivity contribution in [2.45, 2.75) is 77.5 Å². The van der Waals surface area contributed by atoms with E-state index in [1.807, 2.05) is 0 Å². The number of aromatic nitrogens is 5. The molecule has 0 aliphatic carbocycles. The number of hydrogen-bond acceptors (Lipinski definition) is 4. The Hall–Kier alpha value is -3.77. The van der Waals surface area contributed by atoms with Crippen LogP contribution in [0.1, 0.15) is 66.9 Å². The number of para-hydroxylation sites is 2. The van der Waals surface area contributed by atoms with Crippen LogP contribution in [0.25, 0.3) is 28.3 Å². The van der Waals surface area contributed by atoms with E-state index in [2.05, 4.69) is 113 Å². The molecule has 40 heavy (non-hydrogen) atoms. The summed E-state index contributed by atoms with van der Waals surface area (Å²) in [5, 5.41) is 0. The average Bonchev–Trinajstić information content (AvgIpc) is 3.61. The maximum atomic E-state index is 4.90. The minimum atomic E-state index is 0.557. The second kappa shape index (κ2) is 10.3. The molecular formula is C34H38N6. The summed E-state index contributed by atoms with van der Waals surface area (Å²) in [6.45, 7) is 8.18. The fourth-order valence-corrected chi connectivity index (χ4v) is 7.15. The normalized spacial score (nSPS) is 21.3. The summed E-state index contributed by atoms with van der Waals surface area (Å²) in [6, 6.07) is 21.5. The minimum absolute atomic E-state index is 0.557. The van der Waals surface area contributed by atoms with Crippen molar-refractivity contribution in [3.8, 4) is 0 Å². The molecular weight excluding hydrogens is 492 g/mol. The summed E-state index contributed by atoms with van der Waals surface area (Å²) < 4.78 is 4.72. The van der Waals surface area contributed by atoms with Crippen LogP contribution in [0.2, 0.25) is 0 Å². The van der Waals surface area contributed by atoms with Gasteiger partial charge in [0.25, 0.3) is 0 Å². The van der Waals surface area contributed by atoms with Crippen LogP contribution in [0.4, 0.5) is 0 Å². The first-order chi connectivity index (χ1) is 19.6. The molecule has 6 nitrogen and oxygen atoms in total. The highest BCUT2D eigenvalue weighted by molar-refractivity contribution is 5.76. The van der Waals surface area contributed by atoms with E-state index in [9.17, 15) is 0 Å². The van der Waals surface area contributed by atoms with E-state index in [1.165, 1.54) is 47.9 Å². The van der Waals surface area contributed by atoms with Gasteiger partial charge in [-0.25, -0.2) is 15.0 Å². The molecule has 0 spiro atoms. The monoisotopic (exact) mass is 530 g/mol. The Balaban J connectivity index is 1.01. The molecule has 2 bridgehead atoms. The largest absolute Gasteiger partial charge is 0.327 e. The van der Waals surface area contributed by atoms with Crippen molar-refractivity contribution in [1.29, 1.82) is 0 Å². The van der Waals surface area contributed by atoms with E-state index in [1.54, 1.807) is 0 Å². The second-order valence-electron chi connectivity index (χ2n) is 11.7. The Morgan fingerprint density at radius 1 is 0.925 bits per heavy atom. The number of piperidine rings is 1. The Bertz CT molecular complexity index is 1680. The van der Waals surface area contributed by atoms with Crippen LogP contribution in [-0.4, -0.2) is 47.6 Å². The van der Waals surface area contributed by atoms with Gasteiger partial charge in [0.2, 0.25) is 0 Å². The van der Waals surface area contributed by atoms with Gasteiger partial charge in [0, 0.05) is 36.8 Å². The Morgan fingerprint density at radius 2 is 1.70 bits per heavy atom. The van der Waals surface area contributed by atoms with Crippen molar-refractivity contribution in [3.63, 3.8) is 0 Å². The number of rotatable bonds is 7. The summed E-state index contributed by atoms with van der Waals surface area (Å²) in [6.07, 6.45) is 12.7. The SMILES string of the molecule is CCc1nc2c(C)cc(C)nc2n1Cc1ccc(/C=C/CN2[C@@H]3CC[C@H]2CC(n2cnc4ccccc42)C3)cc1. The second-order valence-corrected chi connectivity index (χ2v) is 11.7. The predicted molar refractivity (Wildman–Crippen MR) is 162 cm³/mol. The third kappa shape index (κ3) is 4.54. The van der Waals surface area contributed by atoms with E-state index in [-0.39, 0.29) is 0 Å². The maximum Gasteiger partial charge on any atom is 0.160 e. The van der Waals surface area contributed by atoms with Crippen LogP contribution in [0.15, 0.2) is 67.0 Å². The zero-order valence-electron chi connectivity index (χ0n) is 23.8. The lowest BCUT2D eigenvalue weighted by Crippen LogP contribution is -2.43. The van der Waals surface area contributed by atoms with E-state index in [4.69, 9.17) is 9.97 Å². The molecule has 0 amide bonds. The summed E-state index contributed by atoms with van der Waals surface area (Å²) in [7, 11) is 0. The molecule has 7 rings (SSSR count). The molecule has 2 fully saturated rings. The number of benzene rings is 2. The van der Waals surface area contributed by atoms with Gasteiger partial charge >= 0.3 is 0 Å². The van der Waals surface area contributed by atoms with Crippen LogP contribution < -0.4 is 0 Å². The van der Waals surface area contributed by atoms with Crippen molar-refractivity contribution >= 4 is 28.3 Å². The zero-order valence-corrected chi connectivity index (χ0v) is 23.8. The van der Waals surface area contributed by atoms with Gasteiger partial charge in [-0.15, -0.1) is 0 Å². The lowest BCUT2D eigenvalue weighted by Gasteiger charge is -2.39. The number of hydrogen-bond donors (Lipinski definition) is 0. The van der Waals surface area contributed by atoms with E-state index >= 15 is 0 Å². The fourth-order valence-electron chi connectivity index (χ4n) is 7.15. The van der Waals surface area contributed by atoms with Crippen LogP contribution in [0, 0.1) is 13.8 Å². The van der Waals surface area contributed by atoms with Crippen molar-refractivity contribution in [2.24, 2.45) is 0 Å². The van der Waals surface area contributed by atoms with Crippen molar-refractivity contribution in [1.82, 2.24) is 29.0 Å². The molecule has 0 radical (unpaired) electrons. The van der Waals surface area contributed by atoms with Gasteiger partial charge in [-0.2, -0.15) is 0 Å². The fraction of sp³-hybridized carbons (Fsp3) is 0.382. The van der Waals surface area contributed by atoms with Crippen LogP contribution in [0.5, 0.6) is 0 Å². The van der Waals surface area contributed by atoms with Gasteiger partial charge in [-0.3, -0.25) is 4.90 Å². The summed E-state index contributed by atoms with van der Waals surface area (Å²) >= 11 is 0. The molecule has 5 heterocycles. The highest BCUT2D eigenvalue weighted by atomic mass is 15.2. The number of imidazole rings is 2. The Morgan fingerprint density at radius 3 is 2.48 bits per heavy atom. The highest BCUT2D eigenvalue weighted by Crippen LogP contribution is 2.41. The van der Waals surface area contributed by atoms with E-state index < -0.39 is 0 Å². The van der Waals surface area contributed by atoms with Gasteiger partial charge in [-0.1, -0.05) is 55.5 Å². The zero-order chi connectivity index (χ0) is 27.2. The Kier molecular flexibility index (Phi) is 6.51. The maximum absolute atomic E-state index is 4.90. The van der Waals surface area contributed by atoms with Crippen LogP contribution in [-0.2, 0) is 13.0 Å². The lowest BCUT2D eigenvalue weighted by molar-refractivity contribution is 0.122. The molecule has 204 valence electrons. The van der Waals surface area contributed by atoms with Gasteiger partial charge in [-0.05, 0) is 74.4 Å². The smallest absolute Gasteiger partial charge is 0.160 e. The van der Waals surface area contributed by atoms with Gasteiger partial charge in [0.15, 0.2) is 5.65 Å². The molecule has 2 aromatic carbocycles. The van der Waals surface area contributed by atoms with E-state index in [0.717, 1.165) is 47.7 Å². The lowest BCUT2D eigenvalue weighted by atomic mass is 9.96. The van der Waals surface area contributed by atoms with Crippen molar-refractivity contribution in [3.05, 3.63) is 95.2 Å². The molecule has 3 atom stereocenters. The van der Waals surface area contributed by atoms with Crippen LogP contribution >= 0.6 is 0 Å². The summed E-state index contributed by atoms with van der Waals surface area (Å²) in [5.74, 6) is 1.10. The predicted octanol–water partition coefficient (Wildman–Crippen LogP) is 6.89. The number of pyridine rings is 1. The summed E-state index contributed by atoms with van der Waals surface area (Å²) in [4.78, 5) is 17.1. The molecule has 1 unspecified atom stereocenters. The van der Waals surface area contributed by atoms with E-state index in [0.29, 0.717) is 18.1 Å². The molecule has 2 saturated heterocycles. The Labute approximate surface area is 236 Å². The number of nitrogens with zero attached hydrogens (tertiary/aromatic N) is 6.